The average Bonchev–Trinajstić information content (AvgIpc) is 3.39. The molecule has 0 aliphatic heterocycles. The molecule has 1 amide bonds. The second-order valence-corrected chi connectivity index (χ2v) is 25.2. The van der Waals surface area contributed by atoms with Crippen molar-refractivity contribution >= 4 is 13.7 Å². The van der Waals surface area contributed by atoms with Gasteiger partial charge in [-0.2, -0.15) is 0 Å². The first-order valence-corrected chi connectivity index (χ1v) is 34.6. The fourth-order valence-electron chi connectivity index (χ4n) is 9.89. The number of allylic oxidation sites excluding steroid dienone is 10. The van der Waals surface area contributed by atoms with Gasteiger partial charge in [0, 0.05) is 6.42 Å². The number of carbonyl (C=O) groups is 1. The van der Waals surface area contributed by atoms with Gasteiger partial charge in [0.1, 0.15) is 13.2 Å². The van der Waals surface area contributed by atoms with E-state index in [9.17, 15) is 19.4 Å². The van der Waals surface area contributed by atoms with Gasteiger partial charge >= 0.3 is 0 Å². The van der Waals surface area contributed by atoms with E-state index in [2.05, 4.69) is 79.9 Å². The van der Waals surface area contributed by atoms with E-state index in [0.29, 0.717) is 23.9 Å². The van der Waals surface area contributed by atoms with Gasteiger partial charge in [0.15, 0.2) is 0 Å². The lowest BCUT2D eigenvalue weighted by atomic mass is 10.0. The molecule has 0 aromatic rings. The summed E-state index contributed by atoms with van der Waals surface area (Å²) >= 11 is 0. The van der Waals surface area contributed by atoms with Crippen LogP contribution >= 0.6 is 7.82 Å². The molecule has 8 nitrogen and oxygen atoms in total. The number of nitrogens with one attached hydrogen (secondary N) is 1. The van der Waals surface area contributed by atoms with Gasteiger partial charge in [-0.15, -0.1) is 0 Å². The number of unbranched alkanes of at least 4 members (excludes halogenated alkanes) is 38. The molecular formula is C68H129N2O6P. The van der Waals surface area contributed by atoms with Crippen molar-refractivity contribution in [3.63, 3.8) is 0 Å². The molecule has 0 spiro atoms. The van der Waals surface area contributed by atoms with E-state index in [4.69, 9.17) is 9.05 Å². The van der Waals surface area contributed by atoms with Crippen LogP contribution in [0.25, 0.3) is 0 Å². The van der Waals surface area contributed by atoms with Crippen molar-refractivity contribution < 1.29 is 32.9 Å². The van der Waals surface area contributed by atoms with Crippen LogP contribution < -0.4 is 10.2 Å². The number of likely N-dealkylation sites (N-methyl/N-ethyl adjacent to an activating group) is 1. The standard InChI is InChI=1S/C68H129N2O6P/c1-6-8-10-12-14-16-18-20-22-24-26-28-30-32-33-34-35-36-38-39-41-43-45-47-49-51-53-55-57-59-61-67(71)66(65-76-77(73,74)75-64-63-70(3,4)5)69-68(72)62-60-58-56-54-52-50-48-46-44-42-40-37-31-29-27-25-23-21-19-17-15-13-11-9-7-2/h9,11,15,17,21,23,27,29,37,40,66-67,71H,6-8,10,12-14,16,18-20,22,24-26,28,30-36,38-39,41-65H2,1-5H3,(H-,69,72,73,74)/b11-9-,17-15-,23-21-,29-27-,40-37-. The van der Waals surface area contributed by atoms with E-state index >= 15 is 0 Å². The molecule has 3 unspecified atom stereocenters. The Balaban J connectivity index is 4.08. The summed E-state index contributed by atoms with van der Waals surface area (Å²) in [7, 11) is 1.30. The Hall–Kier alpha value is -1.80. The van der Waals surface area contributed by atoms with E-state index in [0.717, 1.165) is 77.0 Å². The minimum atomic E-state index is -4.58. The van der Waals surface area contributed by atoms with Gasteiger partial charge in [-0.05, 0) is 57.8 Å². The molecule has 452 valence electrons. The minimum absolute atomic E-state index is 0.00926. The molecule has 0 radical (unpaired) electrons. The van der Waals surface area contributed by atoms with Crippen LogP contribution in [0.1, 0.15) is 316 Å². The number of quaternary nitrogens is 1. The van der Waals surface area contributed by atoms with E-state index in [1.807, 2.05) is 21.1 Å². The molecule has 0 rings (SSSR count). The maximum Gasteiger partial charge on any atom is 0.268 e. The lowest BCUT2D eigenvalue weighted by molar-refractivity contribution is -0.870. The predicted octanol–water partition coefficient (Wildman–Crippen LogP) is 20.2. The monoisotopic (exact) mass is 1100 g/mol. The SMILES string of the molecule is CC/C=C\C/C=C\C/C=C\C/C=C\C/C=C\CCCCCCCCCCCC(=O)NC(COP(=O)([O-])OCC[N+](C)(C)C)C(O)CCCCCCCCCCCCCCCCCCCCCCCCCCCCCCCC. The molecule has 0 aliphatic rings. The summed E-state index contributed by atoms with van der Waals surface area (Å²) in [6, 6.07) is -0.809. The number of amides is 1. The van der Waals surface area contributed by atoms with E-state index in [-0.39, 0.29) is 19.1 Å². The summed E-state index contributed by atoms with van der Waals surface area (Å²) in [6.45, 7) is 4.64. The highest BCUT2D eigenvalue weighted by Crippen LogP contribution is 2.38. The van der Waals surface area contributed by atoms with Crippen molar-refractivity contribution in [2.75, 3.05) is 40.9 Å². The molecule has 3 atom stereocenters. The number of phosphoric ester groups is 1. The van der Waals surface area contributed by atoms with E-state index < -0.39 is 20.0 Å². The van der Waals surface area contributed by atoms with Gasteiger partial charge < -0.3 is 28.8 Å². The second kappa shape index (κ2) is 58.8. The maximum absolute atomic E-state index is 13.0. The smallest absolute Gasteiger partial charge is 0.268 e. The third-order valence-electron chi connectivity index (χ3n) is 15.0. The summed E-state index contributed by atoms with van der Waals surface area (Å²) in [5.41, 5.74) is 0. The van der Waals surface area contributed by atoms with Crippen molar-refractivity contribution in [2.45, 2.75) is 328 Å². The summed E-state index contributed by atoms with van der Waals surface area (Å²) in [6.07, 6.45) is 80.0. The highest BCUT2D eigenvalue weighted by Gasteiger charge is 2.24. The van der Waals surface area contributed by atoms with Gasteiger partial charge in [-0.3, -0.25) is 9.36 Å². The predicted molar refractivity (Wildman–Crippen MR) is 334 cm³/mol. The van der Waals surface area contributed by atoms with Gasteiger partial charge in [-0.1, -0.05) is 312 Å². The van der Waals surface area contributed by atoms with Crippen LogP contribution in [0.4, 0.5) is 0 Å². The lowest BCUT2D eigenvalue weighted by Crippen LogP contribution is -2.46. The van der Waals surface area contributed by atoms with E-state index in [1.54, 1.807) is 0 Å². The van der Waals surface area contributed by atoms with Crippen LogP contribution in [0.3, 0.4) is 0 Å². The number of aliphatic hydroxyl groups is 1. The molecule has 0 heterocycles. The number of hydrogen-bond donors (Lipinski definition) is 2. The molecule has 0 bridgehead atoms. The number of carbonyl (C=O) groups excluding carboxylic acids is 1. The largest absolute Gasteiger partial charge is 0.756 e. The quantitative estimate of drug-likeness (QED) is 0.0272. The zero-order chi connectivity index (χ0) is 56.3. The third kappa shape index (κ3) is 61.7. The Morgan fingerprint density at radius 2 is 0.792 bits per heavy atom. The zero-order valence-corrected chi connectivity index (χ0v) is 52.6. The van der Waals surface area contributed by atoms with Crippen molar-refractivity contribution in [2.24, 2.45) is 0 Å². The van der Waals surface area contributed by atoms with Gasteiger partial charge in [0.2, 0.25) is 5.91 Å². The maximum atomic E-state index is 13.0. The number of hydrogen-bond acceptors (Lipinski definition) is 6. The first-order valence-electron chi connectivity index (χ1n) is 33.1. The second-order valence-electron chi connectivity index (χ2n) is 23.8. The first-order chi connectivity index (χ1) is 37.5. The molecule has 0 aliphatic carbocycles. The molecule has 0 aromatic carbocycles. The summed E-state index contributed by atoms with van der Waals surface area (Å²) in [5, 5.41) is 14.1. The Kier molecular flexibility index (Phi) is 57.5. The fourth-order valence-corrected chi connectivity index (χ4v) is 10.6. The van der Waals surface area contributed by atoms with Gasteiger partial charge in [0.25, 0.3) is 7.82 Å². The van der Waals surface area contributed by atoms with Crippen LogP contribution in [0, 0.1) is 0 Å². The summed E-state index contributed by atoms with van der Waals surface area (Å²) in [5.74, 6) is -0.169. The molecule has 0 fully saturated rings. The Morgan fingerprint density at radius 3 is 1.16 bits per heavy atom. The van der Waals surface area contributed by atoms with E-state index in [1.165, 1.54) is 212 Å². The minimum Gasteiger partial charge on any atom is -0.756 e. The van der Waals surface area contributed by atoms with Crippen molar-refractivity contribution in [3.05, 3.63) is 60.8 Å². The normalized spacial score (nSPS) is 14.1. The van der Waals surface area contributed by atoms with Crippen LogP contribution in [-0.4, -0.2) is 68.5 Å². The Bertz CT molecular complexity index is 1440. The van der Waals surface area contributed by atoms with Crippen LogP contribution in [0.2, 0.25) is 0 Å². The molecule has 9 heteroatoms. The first kappa shape index (κ1) is 75.2. The Labute approximate surface area is 479 Å². The number of rotatable bonds is 61. The van der Waals surface area contributed by atoms with Crippen molar-refractivity contribution in [1.82, 2.24) is 5.32 Å². The summed E-state index contributed by atoms with van der Waals surface area (Å²) < 4.78 is 23.5. The van der Waals surface area contributed by atoms with Gasteiger partial charge in [0.05, 0.1) is 39.9 Å². The molecule has 77 heavy (non-hydrogen) atoms. The van der Waals surface area contributed by atoms with Gasteiger partial charge in [-0.25, -0.2) is 0 Å². The van der Waals surface area contributed by atoms with Crippen LogP contribution in [0.5, 0.6) is 0 Å². The van der Waals surface area contributed by atoms with Crippen molar-refractivity contribution in [3.8, 4) is 0 Å². The zero-order valence-electron chi connectivity index (χ0n) is 51.7. The Morgan fingerprint density at radius 1 is 0.468 bits per heavy atom. The molecule has 0 aromatic heterocycles. The lowest BCUT2D eigenvalue weighted by Gasteiger charge is -2.30. The molecular weight excluding hydrogens is 972 g/mol. The highest BCUT2D eigenvalue weighted by molar-refractivity contribution is 7.45. The third-order valence-corrected chi connectivity index (χ3v) is 16.0. The fraction of sp³-hybridized carbons (Fsp3) is 0.838. The number of nitrogens with zero attached hydrogens (tertiary/aromatic N) is 1. The molecule has 0 saturated carbocycles. The highest BCUT2D eigenvalue weighted by atomic mass is 31.2. The molecule has 2 N–H and O–H groups in total. The molecule has 0 saturated heterocycles. The van der Waals surface area contributed by atoms with Crippen LogP contribution in [0.15, 0.2) is 60.8 Å². The van der Waals surface area contributed by atoms with Crippen molar-refractivity contribution in [1.29, 1.82) is 0 Å². The van der Waals surface area contributed by atoms with Crippen LogP contribution in [-0.2, 0) is 18.4 Å². The summed E-state index contributed by atoms with van der Waals surface area (Å²) in [4.78, 5) is 25.6. The average molecular weight is 1100 g/mol. The topological polar surface area (TPSA) is 108 Å². The number of phosphoric acid groups is 1. The number of aliphatic hydroxyl groups excluding tert-OH is 1.